The van der Waals surface area contributed by atoms with Crippen LogP contribution < -0.4 is 0 Å². The number of hydrogen-bond donors (Lipinski definition) is 0. The summed E-state index contributed by atoms with van der Waals surface area (Å²) >= 11 is 6.95. The van der Waals surface area contributed by atoms with Gasteiger partial charge in [-0.05, 0) is 19.8 Å². The number of halogens is 1. The fourth-order valence-corrected chi connectivity index (χ4v) is 5.29. The van der Waals surface area contributed by atoms with Crippen molar-refractivity contribution in [1.29, 1.82) is 0 Å². The molecular formula is C20H31ClN2O3. The molecule has 26 heavy (non-hydrogen) atoms. The van der Waals surface area contributed by atoms with Gasteiger partial charge in [-0.25, -0.2) is 0 Å². The van der Waals surface area contributed by atoms with E-state index in [1.54, 1.807) is 0 Å². The van der Waals surface area contributed by atoms with Crippen LogP contribution in [0, 0.1) is 11.8 Å². The molecule has 2 saturated heterocycles. The van der Waals surface area contributed by atoms with E-state index < -0.39 is 5.92 Å². The summed E-state index contributed by atoms with van der Waals surface area (Å²) < 4.78 is 5.93. The minimum absolute atomic E-state index is 0.104. The van der Waals surface area contributed by atoms with Gasteiger partial charge in [-0.3, -0.25) is 9.59 Å². The molecule has 4 heterocycles. The molecule has 0 aromatic rings. The summed E-state index contributed by atoms with van der Waals surface area (Å²) in [5.74, 6) is -0.554. The van der Waals surface area contributed by atoms with Gasteiger partial charge in [0.05, 0.1) is 35.4 Å². The van der Waals surface area contributed by atoms with Gasteiger partial charge in [0.1, 0.15) is 0 Å². The quantitative estimate of drug-likeness (QED) is 0.479. The molecule has 0 saturated carbocycles. The van der Waals surface area contributed by atoms with Crippen LogP contribution in [0.15, 0.2) is 12.2 Å². The lowest BCUT2D eigenvalue weighted by Gasteiger charge is -2.58. The number of rotatable bonds is 8. The zero-order chi connectivity index (χ0) is 18.8. The van der Waals surface area contributed by atoms with E-state index >= 15 is 0 Å². The molecule has 6 atom stereocenters. The highest BCUT2D eigenvalue weighted by Gasteiger charge is 2.61. The monoisotopic (exact) mass is 382 g/mol. The number of unbranched alkanes of at least 4 members (excludes halogenated alkanes) is 2. The fourth-order valence-electron chi connectivity index (χ4n) is 4.71. The molecule has 146 valence electrons. The fraction of sp³-hybridized carbons (Fsp3) is 0.800. The number of fused-ring (bicyclic) bond motifs is 2. The molecule has 0 radical (unpaired) electrons. The maximum atomic E-state index is 13.4. The summed E-state index contributed by atoms with van der Waals surface area (Å²) in [5.41, 5.74) is 0. The first-order valence-corrected chi connectivity index (χ1v) is 10.5. The second-order valence-electron chi connectivity index (χ2n) is 7.55. The molecule has 4 aliphatic heterocycles. The van der Waals surface area contributed by atoms with Crippen LogP contribution in [0.4, 0.5) is 0 Å². The first-order chi connectivity index (χ1) is 12.6. The predicted octanol–water partition coefficient (Wildman–Crippen LogP) is 2.82. The molecular weight excluding hydrogens is 352 g/mol. The van der Waals surface area contributed by atoms with Crippen molar-refractivity contribution < 1.29 is 14.3 Å². The van der Waals surface area contributed by atoms with Crippen molar-refractivity contribution in [2.24, 2.45) is 11.8 Å². The Bertz CT molecular complexity index is 561. The highest BCUT2D eigenvalue weighted by molar-refractivity contribution is 6.23. The Hall–Kier alpha value is -1.07. The summed E-state index contributed by atoms with van der Waals surface area (Å²) in [7, 11) is 0. The number of carbonyl (C=O) groups excluding carboxylic acids is 2. The molecule has 0 aromatic carbocycles. The first-order valence-electron chi connectivity index (χ1n) is 10.1. The van der Waals surface area contributed by atoms with Gasteiger partial charge in [-0.2, -0.15) is 0 Å². The molecule has 1 aliphatic carbocycles. The van der Waals surface area contributed by atoms with Crippen LogP contribution in [0.5, 0.6) is 0 Å². The van der Waals surface area contributed by atoms with Crippen LogP contribution in [0.25, 0.3) is 0 Å². The number of alkyl halides is 1. The van der Waals surface area contributed by atoms with Gasteiger partial charge >= 0.3 is 0 Å². The van der Waals surface area contributed by atoms with Crippen LogP contribution in [0.3, 0.4) is 0 Å². The number of piperidine rings is 2. The number of hydrogen-bond acceptors (Lipinski definition) is 3. The predicted molar refractivity (Wildman–Crippen MR) is 102 cm³/mol. The van der Waals surface area contributed by atoms with E-state index in [9.17, 15) is 9.59 Å². The average molecular weight is 383 g/mol. The third-order valence-corrected chi connectivity index (χ3v) is 6.49. The van der Waals surface area contributed by atoms with Gasteiger partial charge in [0.15, 0.2) is 0 Å². The van der Waals surface area contributed by atoms with Gasteiger partial charge in [0.2, 0.25) is 11.8 Å². The lowest BCUT2D eigenvalue weighted by molar-refractivity contribution is -0.170. The SMILES string of the molecule is CCCCN1C(=O)[C@@H]2/C=C\[C@@H](OCC)[C@H]3C(=O)N(CCCC)[C@@H]2[C@H](Cl)[C@H]31. The molecule has 0 spiro atoms. The summed E-state index contributed by atoms with van der Waals surface area (Å²) in [6.07, 6.45) is 7.43. The molecule has 5 nitrogen and oxygen atoms in total. The van der Waals surface area contributed by atoms with E-state index in [0.29, 0.717) is 19.7 Å². The largest absolute Gasteiger partial charge is 0.374 e. The second-order valence-corrected chi connectivity index (χ2v) is 8.06. The zero-order valence-electron chi connectivity index (χ0n) is 16.1. The van der Waals surface area contributed by atoms with E-state index in [1.165, 1.54) is 0 Å². The van der Waals surface area contributed by atoms with E-state index in [-0.39, 0.29) is 41.3 Å². The summed E-state index contributed by atoms with van der Waals surface area (Å²) in [6, 6.07) is -0.509. The Morgan fingerprint density at radius 3 is 2.15 bits per heavy atom. The topological polar surface area (TPSA) is 49.9 Å². The van der Waals surface area contributed by atoms with Gasteiger partial charge in [0, 0.05) is 19.7 Å². The maximum Gasteiger partial charge on any atom is 0.231 e. The van der Waals surface area contributed by atoms with Crippen LogP contribution in [-0.2, 0) is 14.3 Å². The minimum atomic E-state index is -0.413. The zero-order valence-corrected chi connectivity index (χ0v) is 16.8. The van der Waals surface area contributed by atoms with Crippen LogP contribution in [0.1, 0.15) is 46.5 Å². The molecule has 0 aromatic heterocycles. The summed E-state index contributed by atoms with van der Waals surface area (Å²) in [4.78, 5) is 30.4. The van der Waals surface area contributed by atoms with Crippen molar-refractivity contribution in [3.05, 3.63) is 12.2 Å². The molecule has 6 heteroatoms. The summed E-state index contributed by atoms with van der Waals surface area (Å²) in [6.45, 7) is 8.02. The van der Waals surface area contributed by atoms with Gasteiger partial charge < -0.3 is 14.5 Å². The Balaban J connectivity index is 2.04. The molecule has 0 N–H and O–H groups in total. The molecule has 4 bridgehead atoms. The van der Waals surface area contributed by atoms with E-state index in [2.05, 4.69) is 13.8 Å². The van der Waals surface area contributed by atoms with Crippen molar-refractivity contribution in [1.82, 2.24) is 9.80 Å². The lowest BCUT2D eigenvalue weighted by atomic mass is 9.71. The standard InChI is InChI=1S/C20H31ClN2O3/c1-4-7-11-22-17-13-9-10-14(26-6-3)15(20(22)25)18(16(17)21)23(19(13)24)12-8-5-2/h9-10,13-18H,4-8,11-12H2,1-3H3/b10-9-/t13-,14-,15-,16+,17+,18+/m1/s1. The third-order valence-electron chi connectivity index (χ3n) is 5.97. The van der Waals surface area contributed by atoms with Crippen LogP contribution in [0.2, 0.25) is 0 Å². The first kappa shape index (κ1) is 19.7. The van der Waals surface area contributed by atoms with Crippen molar-refractivity contribution >= 4 is 23.4 Å². The number of ether oxygens (including phenoxy) is 1. The average Bonchev–Trinajstić information content (AvgIpc) is 2.61. The molecule has 2 amide bonds. The lowest BCUT2D eigenvalue weighted by Crippen LogP contribution is -2.75. The Kier molecular flexibility index (Phi) is 6.29. The normalized spacial score (nSPS) is 37.2. The second kappa shape index (κ2) is 8.30. The third kappa shape index (κ3) is 3.18. The van der Waals surface area contributed by atoms with Gasteiger partial charge in [-0.15, -0.1) is 11.6 Å². The number of amides is 2. The Labute approximate surface area is 161 Å². The van der Waals surface area contributed by atoms with Gasteiger partial charge in [0.25, 0.3) is 0 Å². The van der Waals surface area contributed by atoms with Crippen molar-refractivity contribution in [3.8, 4) is 0 Å². The minimum Gasteiger partial charge on any atom is -0.374 e. The molecule has 2 fully saturated rings. The number of carbonyl (C=O) groups is 2. The number of nitrogens with zero attached hydrogens (tertiary/aromatic N) is 2. The van der Waals surface area contributed by atoms with Crippen LogP contribution in [-0.4, -0.2) is 64.9 Å². The molecule has 5 aliphatic rings. The van der Waals surface area contributed by atoms with E-state index in [4.69, 9.17) is 16.3 Å². The molecule has 0 unspecified atom stereocenters. The van der Waals surface area contributed by atoms with E-state index in [1.807, 2.05) is 28.9 Å². The van der Waals surface area contributed by atoms with Crippen molar-refractivity contribution in [3.63, 3.8) is 0 Å². The maximum absolute atomic E-state index is 13.4. The van der Waals surface area contributed by atoms with Gasteiger partial charge in [-0.1, -0.05) is 38.8 Å². The van der Waals surface area contributed by atoms with Crippen molar-refractivity contribution in [2.45, 2.75) is 70.0 Å². The Morgan fingerprint density at radius 2 is 1.58 bits per heavy atom. The van der Waals surface area contributed by atoms with Crippen molar-refractivity contribution in [2.75, 3.05) is 19.7 Å². The highest BCUT2D eigenvalue weighted by Crippen LogP contribution is 2.44. The van der Waals surface area contributed by atoms with E-state index in [0.717, 1.165) is 25.7 Å². The van der Waals surface area contributed by atoms with Crippen LogP contribution >= 0.6 is 11.6 Å². The smallest absolute Gasteiger partial charge is 0.231 e. The molecule has 5 rings (SSSR count). The highest BCUT2D eigenvalue weighted by atomic mass is 35.5. The summed E-state index contributed by atoms with van der Waals surface area (Å²) in [5, 5.41) is -0.248. The Morgan fingerprint density at radius 1 is 0.962 bits per heavy atom.